The van der Waals surface area contributed by atoms with Gasteiger partial charge in [0.15, 0.2) is 0 Å². The molecule has 0 atom stereocenters. The summed E-state index contributed by atoms with van der Waals surface area (Å²) in [6.45, 7) is 0. The van der Waals surface area contributed by atoms with Gasteiger partial charge in [0.25, 0.3) is 10.0 Å². The lowest BCUT2D eigenvalue weighted by atomic mass is 10.3. The molecule has 0 aliphatic rings. The lowest BCUT2D eigenvalue weighted by molar-refractivity contribution is 0.601. The van der Waals surface area contributed by atoms with Crippen LogP contribution in [-0.4, -0.2) is 18.4 Å². The van der Waals surface area contributed by atoms with Crippen molar-refractivity contribution in [1.82, 2.24) is 9.97 Å². The Bertz CT molecular complexity index is 658. The fourth-order valence-corrected chi connectivity index (χ4v) is 2.44. The van der Waals surface area contributed by atoms with Crippen LogP contribution in [0.5, 0.6) is 0 Å². The highest BCUT2D eigenvalue weighted by atomic mass is 79.9. The molecule has 0 saturated carbocycles. The van der Waals surface area contributed by atoms with E-state index in [0.29, 0.717) is 10.2 Å². The normalized spacial score (nSPS) is 11.2. The number of hydrogen-bond acceptors (Lipinski definition) is 5. The van der Waals surface area contributed by atoms with Gasteiger partial charge in [0.05, 0.1) is 9.37 Å². The molecule has 2 aromatic rings. The highest BCUT2D eigenvalue weighted by Gasteiger charge is 2.15. The van der Waals surface area contributed by atoms with Crippen LogP contribution in [0.2, 0.25) is 0 Å². The van der Waals surface area contributed by atoms with Gasteiger partial charge in [-0.05, 0) is 34.1 Å². The van der Waals surface area contributed by atoms with Crippen molar-refractivity contribution in [3.8, 4) is 0 Å². The summed E-state index contributed by atoms with van der Waals surface area (Å²) in [7, 11) is -3.72. The predicted molar refractivity (Wildman–Crippen MR) is 71.4 cm³/mol. The van der Waals surface area contributed by atoms with Crippen molar-refractivity contribution in [1.29, 1.82) is 0 Å². The van der Waals surface area contributed by atoms with Crippen LogP contribution in [0.1, 0.15) is 0 Å². The van der Waals surface area contributed by atoms with E-state index in [2.05, 4.69) is 30.6 Å². The fourth-order valence-electron chi connectivity index (χ4n) is 1.23. The molecular formula is C10H9BrN4O2S. The number of nitrogens with zero attached hydrogens (tertiary/aromatic N) is 2. The third-order valence-corrected chi connectivity index (χ3v) is 3.75. The maximum Gasteiger partial charge on any atom is 0.264 e. The van der Waals surface area contributed by atoms with Crippen LogP contribution < -0.4 is 10.5 Å². The van der Waals surface area contributed by atoms with Crippen molar-refractivity contribution in [3.05, 3.63) is 41.1 Å². The Morgan fingerprint density at radius 1 is 1.22 bits per heavy atom. The van der Waals surface area contributed by atoms with E-state index >= 15 is 0 Å². The van der Waals surface area contributed by atoms with Gasteiger partial charge in [-0.1, -0.05) is 6.07 Å². The van der Waals surface area contributed by atoms with Gasteiger partial charge >= 0.3 is 0 Å². The van der Waals surface area contributed by atoms with Gasteiger partial charge in [0.2, 0.25) is 5.95 Å². The zero-order valence-corrected chi connectivity index (χ0v) is 11.4. The molecule has 0 spiro atoms. The first kappa shape index (κ1) is 12.8. The Labute approximate surface area is 112 Å². The van der Waals surface area contributed by atoms with E-state index in [0.717, 1.165) is 0 Å². The maximum absolute atomic E-state index is 12.0. The second kappa shape index (κ2) is 4.91. The third kappa shape index (κ3) is 2.96. The summed E-state index contributed by atoms with van der Waals surface area (Å²) in [6.07, 6.45) is 2.90. The molecule has 94 valence electrons. The molecule has 0 bridgehead atoms. The largest absolute Gasteiger partial charge is 0.399 e. The summed E-state index contributed by atoms with van der Waals surface area (Å²) >= 11 is 3.16. The molecule has 2 rings (SSSR count). The average Bonchev–Trinajstić information content (AvgIpc) is 2.32. The Kier molecular flexibility index (Phi) is 3.48. The molecule has 18 heavy (non-hydrogen) atoms. The van der Waals surface area contributed by atoms with E-state index in [1.54, 1.807) is 12.1 Å². The molecule has 0 aliphatic carbocycles. The van der Waals surface area contributed by atoms with Crippen LogP contribution in [0.3, 0.4) is 0 Å². The molecule has 0 fully saturated rings. The monoisotopic (exact) mass is 328 g/mol. The van der Waals surface area contributed by atoms with Gasteiger partial charge in [-0.25, -0.2) is 23.1 Å². The van der Waals surface area contributed by atoms with E-state index in [1.165, 1.54) is 24.5 Å². The fraction of sp³-hybridized carbons (Fsp3) is 0. The molecule has 0 radical (unpaired) electrons. The number of nitrogens with one attached hydrogen (secondary N) is 1. The third-order valence-electron chi connectivity index (χ3n) is 2.01. The Hall–Kier alpha value is -1.67. The van der Waals surface area contributed by atoms with Gasteiger partial charge in [-0.15, -0.1) is 0 Å². The van der Waals surface area contributed by atoms with Crippen molar-refractivity contribution < 1.29 is 8.42 Å². The van der Waals surface area contributed by atoms with Crippen LogP contribution in [-0.2, 0) is 10.0 Å². The zero-order chi connectivity index (χ0) is 13.2. The van der Waals surface area contributed by atoms with Gasteiger partial charge in [0.1, 0.15) is 0 Å². The highest BCUT2D eigenvalue weighted by Crippen LogP contribution is 2.16. The summed E-state index contributed by atoms with van der Waals surface area (Å²) in [6, 6.07) is 5.97. The number of benzene rings is 1. The minimum Gasteiger partial charge on any atom is -0.399 e. The maximum atomic E-state index is 12.0. The van der Waals surface area contributed by atoms with Gasteiger partial charge < -0.3 is 5.73 Å². The standard InChI is InChI=1S/C10H9BrN4O2S/c11-7-5-13-10(14-6-7)15-18(16,17)9-3-1-2-8(12)4-9/h1-6H,12H2,(H,13,14,15). The number of nitrogens with two attached hydrogens (primary N) is 1. The van der Waals surface area contributed by atoms with E-state index < -0.39 is 10.0 Å². The Balaban J connectivity index is 2.30. The molecule has 8 heteroatoms. The van der Waals surface area contributed by atoms with E-state index in [4.69, 9.17) is 5.73 Å². The van der Waals surface area contributed by atoms with Crippen LogP contribution in [0.25, 0.3) is 0 Å². The van der Waals surface area contributed by atoms with Crippen LogP contribution >= 0.6 is 15.9 Å². The number of rotatable bonds is 3. The van der Waals surface area contributed by atoms with Crippen molar-refractivity contribution in [3.63, 3.8) is 0 Å². The smallest absolute Gasteiger partial charge is 0.264 e. The first-order chi connectivity index (χ1) is 8.47. The van der Waals surface area contributed by atoms with Gasteiger partial charge in [0, 0.05) is 18.1 Å². The van der Waals surface area contributed by atoms with Crippen LogP contribution in [0, 0.1) is 0 Å². The summed E-state index contributed by atoms with van der Waals surface area (Å²) in [5.74, 6) is 0.000578. The molecule has 1 aromatic heterocycles. The zero-order valence-electron chi connectivity index (χ0n) is 9.04. The van der Waals surface area contributed by atoms with Crippen molar-refractivity contribution in [2.45, 2.75) is 4.90 Å². The number of aromatic nitrogens is 2. The molecular weight excluding hydrogens is 320 g/mol. The van der Waals surface area contributed by atoms with E-state index in [-0.39, 0.29) is 10.8 Å². The Morgan fingerprint density at radius 2 is 1.89 bits per heavy atom. The lowest BCUT2D eigenvalue weighted by Crippen LogP contribution is -2.15. The highest BCUT2D eigenvalue weighted by molar-refractivity contribution is 9.10. The number of nitrogen functional groups attached to an aromatic ring is 1. The molecule has 0 aliphatic heterocycles. The minimum absolute atomic E-state index is 0.000578. The summed E-state index contributed by atoms with van der Waals surface area (Å²) in [5.41, 5.74) is 5.91. The molecule has 1 aromatic carbocycles. The molecule has 0 amide bonds. The number of halogens is 1. The molecule has 0 unspecified atom stereocenters. The van der Waals surface area contributed by atoms with E-state index in [1.807, 2.05) is 0 Å². The van der Waals surface area contributed by atoms with E-state index in [9.17, 15) is 8.42 Å². The minimum atomic E-state index is -3.72. The van der Waals surface area contributed by atoms with Gasteiger partial charge in [-0.3, -0.25) is 0 Å². The first-order valence-corrected chi connectivity index (χ1v) is 7.11. The topological polar surface area (TPSA) is 98.0 Å². The summed E-state index contributed by atoms with van der Waals surface area (Å²) in [4.78, 5) is 7.73. The average molecular weight is 329 g/mol. The van der Waals surface area contributed by atoms with Crippen LogP contribution in [0.15, 0.2) is 46.0 Å². The SMILES string of the molecule is Nc1cccc(S(=O)(=O)Nc2ncc(Br)cn2)c1. The van der Waals surface area contributed by atoms with Crippen LogP contribution in [0.4, 0.5) is 11.6 Å². The molecule has 3 N–H and O–H groups in total. The molecule has 0 saturated heterocycles. The summed E-state index contributed by atoms with van der Waals surface area (Å²) < 4.78 is 26.9. The lowest BCUT2D eigenvalue weighted by Gasteiger charge is -2.06. The van der Waals surface area contributed by atoms with Crippen molar-refractivity contribution in [2.75, 3.05) is 10.5 Å². The van der Waals surface area contributed by atoms with Gasteiger partial charge in [-0.2, -0.15) is 0 Å². The molecule has 6 nitrogen and oxygen atoms in total. The van der Waals surface area contributed by atoms with Crippen molar-refractivity contribution in [2.24, 2.45) is 0 Å². The molecule has 1 heterocycles. The first-order valence-electron chi connectivity index (χ1n) is 4.83. The second-order valence-electron chi connectivity index (χ2n) is 3.40. The number of anilines is 2. The Morgan fingerprint density at radius 3 is 2.50 bits per heavy atom. The summed E-state index contributed by atoms with van der Waals surface area (Å²) in [5, 5.41) is 0. The predicted octanol–water partition coefficient (Wildman–Crippen LogP) is 1.62. The number of hydrogen-bond donors (Lipinski definition) is 2. The second-order valence-corrected chi connectivity index (χ2v) is 6.00. The quantitative estimate of drug-likeness (QED) is 0.834. The number of sulfonamides is 1. The van der Waals surface area contributed by atoms with Crippen molar-refractivity contribution >= 4 is 37.6 Å².